The maximum Gasteiger partial charge on any atom is 0.326 e. The number of hydrogen-bond donors (Lipinski definition) is 3. The molecule has 1 aromatic carbocycles. The molecule has 1 aliphatic rings. The van der Waals surface area contributed by atoms with Crippen molar-refractivity contribution in [3.05, 3.63) is 23.8 Å². The van der Waals surface area contributed by atoms with Gasteiger partial charge in [0.05, 0.1) is 0 Å². The van der Waals surface area contributed by atoms with Crippen LogP contribution in [0.15, 0.2) is 18.2 Å². The third-order valence-electron chi connectivity index (χ3n) is 3.07. The lowest BCUT2D eigenvalue weighted by Crippen LogP contribution is -2.45. The summed E-state index contributed by atoms with van der Waals surface area (Å²) in [6.07, 6.45) is 1.08. The SMILES string of the molecule is CCC[C@H](NC(=O)NCc1ccc2c(c1)OCO2)C(=O)O. The van der Waals surface area contributed by atoms with E-state index >= 15 is 0 Å². The molecule has 7 heteroatoms. The van der Waals surface area contributed by atoms with Crippen LogP contribution in [-0.4, -0.2) is 29.9 Å². The van der Waals surface area contributed by atoms with Crippen LogP contribution in [0.5, 0.6) is 11.5 Å². The van der Waals surface area contributed by atoms with Crippen molar-refractivity contribution in [1.82, 2.24) is 10.6 Å². The molecule has 3 N–H and O–H groups in total. The van der Waals surface area contributed by atoms with Crippen molar-refractivity contribution < 1.29 is 24.2 Å². The van der Waals surface area contributed by atoms with Crippen molar-refractivity contribution >= 4 is 12.0 Å². The molecule has 2 amide bonds. The Morgan fingerprint density at radius 1 is 1.33 bits per heavy atom. The smallest absolute Gasteiger partial charge is 0.326 e. The highest BCUT2D eigenvalue weighted by Gasteiger charge is 2.18. The van der Waals surface area contributed by atoms with E-state index in [9.17, 15) is 9.59 Å². The third-order valence-corrected chi connectivity index (χ3v) is 3.07. The summed E-state index contributed by atoms with van der Waals surface area (Å²) in [6.45, 7) is 2.34. The molecule has 1 aliphatic heterocycles. The summed E-state index contributed by atoms with van der Waals surface area (Å²) in [6, 6.07) is 3.99. The first-order valence-electron chi connectivity index (χ1n) is 6.76. The molecule has 0 saturated carbocycles. The van der Waals surface area contributed by atoms with Crippen LogP contribution in [0.1, 0.15) is 25.3 Å². The van der Waals surface area contributed by atoms with Gasteiger partial charge in [-0.2, -0.15) is 0 Å². The van der Waals surface area contributed by atoms with Crippen LogP contribution in [-0.2, 0) is 11.3 Å². The number of aliphatic carboxylic acids is 1. The van der Waals surface area contributed by atoms with Gasteiger partial charge in [-0.3, -0.25) is 0 Å². The highest BCUT2D eigenvalue weighted by molar-refractivity contribution is 5.82. The van der Waals surface area contributed by atoms with Crippen molar-refractivity contribution in [2.75, 3.05) is 6.79 Å². The van der Waals surface area contributed by atoms with Gasteiger partial charge in [0.15, 0.2) is 11.5 Å². The molecule has 0 aliphatic carbocycles. The average Bonchev–Trinajstić information content (AvgIpc) is 2.92. The molecule has 7 nitrogen and oxygen atoms in total. The Bertz CT molecular complexity index is 532. The molecule has 0 fully saturated rings. The molecule has 2 rings (SSSR count). The summed E-state index contributed by atoms with van der Waals surface area (Å²) < 4.78 is 10.4. The van der Waals surface area contributed by atoms with Crippen LogP contribution in [0.2, 0.25) is 0 Å². The lowest BCUT2D eigenvalue weighted by Gasteiger charge is -2.14. The molecule has 0 unspecified atom stereocenters. The van der Waals surface area contributed by atoms with Gasteiger partial charge in [0, 0.05) is 6.54 Å². The van der Waals surface area contributed by atoms with E-state index < -0.39 is 18.0 Å². The number of carboxylic acids is 1. The van der Waals surface area contributed by atoms with E-state index in [0.717, 1.165) is 5.56 Å². The zero-order valence-electron chi connectivity index (χ0n) is 11.7. The number of nitrogens with one attached hydrogen (secondary N) is 2. The molecular weight excluding hydrogens is 276 g/mol. The van der Waals surface area contributed by atoms with E-state index in [1.807, 2.05) is 13.0 Å². The number of benzene rings is 1. The van der Waals surface area contributed by atoms with Crippen LogP contribution in [0.25, 0.3) is 0 Å². The first kappa shape index (κ1) is 15.0. The Morgan fingerprint density at radius 3 is 2.81 bits per heavy atom. The van der Waals surface area contributed by atoms with Gasteiger partial charge in [-0.1, -0.05) is 19.4 Å². The lowest BCUT2D eigenvalue weighted by atomic mass is 10.2. The van der Waals surface area contributed by atoms with Crippen molar-refractivity contribution in [2.24, 2.45) is 0 Å². The van der Waals surface area contributed by atoms with Gasteiger partial charge < -0.3 is 25.2 Å². The topological polar surface area (TPSA) is 96.9 Å². The number of carboxylic acid groups (broad SMARTS) is 1. The fourth-order valence-corrected chi connectivity index (χ4v) is 1.99. The fraction of sp³-hybridized carbons (Fsp3) is 0.429. The summed E-state index contributed by atoms with van der Waals surface area (Å²) in [4.78, 5) is 22.7. The molecule has 0 bridgehead atoms. The summed E-state index contributed by atoms with van der Waals surface area (Å²) in [7, 11) is 0. The number of fused-ring (bicyclic) bond motifs is 1. The number of ether oxygens (including phenoxy) is 2. The maximum absolute atomic E-state index is 11.7. The Hall–Kier alpha value is -2.44. The van der Waals surface area contributed by atoms with Gasteiger partial charge in [0.2, 0.25) is 6.79 Å². The normalized spacial score (nSPS) is 13.6. The van der Waals surface area contributed by atoms with Gasteiger partial charge >= 0.3 is 12.0 Å². The second-order valence-electron chi connectivity index (χ2n) is 4.69. The number of urea groups is 1. The van der Waals surface area contributed by atoms with Gasteiger partial charge in [-0.15, -0.1) is 0 Å². The van der Waals surface area contributed by atoms with Crippen LogP contribution < -0.4 is 20.1 Å². The molecule has 114 valence electrons. The van der Waals surface area contributed by atoms with Crippen molar-refractivity contribution in [3.63, 3.8) is 0 Å². The summed E-state index contributed by atoms with van der Waals surface area (Å²) >= 11 is 0. The predicted octanol–water partition coefficient (Wildman–Crippen LogP) is 1.47. The molecule has 1 atom stereocenters. The van der Waals surface area contributed by atoms with Crippen LogP contribution in [0, 0.1) is 0 Å². The van der Waals surface area contributed by atoms with E-state index in [0.29, 0.717) is 24.3 Å². The van der Waals surface area contributed by atoms with Gasteiger partial charge in [-0.25, -0.2) is 9.59 Å². The Labute approximate surface area is 122 Å². The zero-order valence-corrected chi connectivity index (χ0v) is 11.7. The number of amides is 2. The minimum absolute atomic E-state index is 0.198. The van der Waals surface area contributed by atoms with E-state index in [1.54, 1.807) is 12.1 Å². The Balaban J connectivity index is 1.84. The van der Waals surface area contributed by atoms with Gasteiger partial charge in [0.1, 0.15) is 6.04 Å². The first-order chi connectivity index (χ1) is 10.1. The highest BCUT2D eigenvalue weighted by Crippen LogP contribution is 2.32. The van der Waals surface area contributed by atoms with E-state index in [2.05, 4.69) is 10.6 Å². The van der Waals surface area contributed by atoms with E-state index in [-0.39, 0.29) is 13.3 Å². The fourth-order valence-electron chi connectivity index (χ4n) is 1.99. The number of rotatable bonds is 6. The third kappa shape index (κ3) is 4.01. The van der Waals surface area contributed by atoms with Crippen LogP contribution in [0.3, 0.4) is 0 Å². The molecular formula is C14H18N2O5. The Kier molecular flexibility index (Phi) is 4.86. The molecule has 0 aromatic heterocycles. The maximum atomic E-state index is 11.7. The molecule has 0 radical (unpaired) electrons. The minimum atomic E-state index is -1.03. The standard InChI is InChI=1S/C14H18N2O5/c1-2-3-10(13(17)18)16-14(19)15-7-9-4-5-11-12(6-9)21-8-20-11/h4-6,10H,2-3,7-8H2,1H3,(H,17,18)(H2,15,16,19)/t10-/m0/s1. The van der Waals surface area contributed by atoms with E-state index in [1.165, 1.54) is 0 Å². The molecule has 0 spiro atoms. The Morgan fingerprint density at radius 2 is 2.10 bits per heavy atom. The quantitative estimate of drug-likeness (QED) is 0.738. The minimum Gasteiger partial charge on any atom is -0.480 e. The van der Waals surface area contributed by atoms with Crippen molar-refractivity contribution in [3.8, 4) is 11.5 Å². The zero-order chi connectivity index (χ0) is 15.2. The average molecular weight is 294 g/mol. The van der Waals surface area contributed by atoms with Crippen molar-refractivity contribution in [1.29, 1.82) is 0 Å². The predicted molar refractivity (Wildman–Crippen MR) is 74.3 cm³/mol. The first-order valence-corrected chi connectivity index (χ1v) is 6.76. The molecule has 1 aromatic rings. The van der Waals surface area contributed by atoms with Crippen LogP contribution in [0.4, 0.5) is 4.79 Å². The largest absolute Gasteiger partial charge is 0.480 e. The number of hydrogen-bond acceptors (Lipinski definition) is 4. The van der Waals surface area contributed by atoms with Gasteiger partial charge in [0.25, 0.3) is 0 Å². The number of carbonyl (C=O) groups is 2. The lowest BCUT2D eigenvalue weighted by molar-refractivity contribution is -0.139. The second kappa shape index (κ2) is 6.83. The van der Waals surface area contributed by atoms with Gasteiger partial charge in [-0.05, 0) is 24.1 Å². The second-order valence-corrected chi connectivity index (χ2v) is 4.69. The number of carbonyl (C=O) groups excluding carboxylic acids is 1. The molecule has 1 heterocycles. The highest BCUT2D eigenvalue weighted by atomic mass is 16.7. The monoisotopic (exact) mass is 294 g/mol. The summed E-state index contributed by atoms with van der Waals surface area (Å²) in [5.74, 6) is 0.288. The van der Waals surface area contributed by atoms with Crippen molar-refractivity contribution in [2.45, 2.75) is 32.4 Å². The van der Waals surface area contributed by atoms with E-state index in [4.69, 9.17) is 14.6 Å². The summed E-state index contributed by atoms with van der Waals surface area (Å²) in [5, 5.41) is 14.0. The molecule has 0 saturated heterocycles. The van der Waals surface area contributed by atoms with Crippen LogP contribution >= 0.6 is 0 Å². The summed E-state index contributed by atoms with van der Waals surface area (Å²) in [5.41, 5.74) is 0.844. The molecule has 21 heavy (non-hydrogen) atoms.